The van der Waals surface area contributed by atoms with Gasteiger partial charge >= 0.3 is 0 Å². The molecule has 2 aromatic rings. The average Bonchev–Trinajstić information content (AvgIpc) is 3.20. The maximum absolute atomic E-state index is 13.5. The standard InChI is InChI=1S/C16H18FN3O2/c17-12-5-2-1-4-11(12)7-9-19-15(21)14-10-22-16(20-14)13-6-3-8-18-13/h1-2,4-5,10,13,18H,3,6-9H2,(H,19,21). The Morgan fingerprint density at radius 3 is 3.09 bits per heavy atom. The van der Waals surface area contributed by atoms with E-state index in [9.17, 15) is 9.18 Å². The molecule has 1 saturated heterocycles. The zero-order chi connectivity index (χ0) is 15.4. The largest absolute Gasteiger partial charge is 0.446 e. The fourth-order valence-corrected chi connectivity index (χ4v) is 2.55. The van der Waals surface area contributed by atoms with Crippen molar-refractivity contribution >= 4 is 5.91 Å². The molecule has 1 aromatic carbocycles. The number of hydrogen-bond acceptors (Lipinski definition) is 4. The molecule has 0 radical (unpaired) electrons. The molecule has 6 heteroatoms. The van der Waals surface area contributed by atoms with Crippen LogP contribution in [0.1, 0.15) is 40.8 Å². The predicted octanol–water partition coefficient (Wildman–Crippen LogP) is 2.21. The third-order valence-corrected chi connectivity index (χ3v) is 3.75. The predicted molar refractivity (Wildman–Crippen MR) is 78.9 cm³/mol. The molecular formula is C16H18FN3O2. The minimum absolute atomic E-state index is 0.0972. The van der Waals surface area contributed by atoms with Crippen LogP contribution in [0.2, 0.25) is 0 Å². The summed E-state index contributed by atoms with van der Waals surface area (Å²) in [5.41, 5.74) is 0.844. The molecule has 1 atom stereocenters. The minimum Gasteiger partial charge on any atom is -0.446 e. The zero-order valence-corrected chi connectivity index (χ0v) is 12.1. The van der Waals surface area contributed by atoms with Crippen molar-refractivity contribution in [1.29, 1.82) is 0 Å². The van der Waals surface area contributed by atoms with Crippen LogP contribution >= 0.6 is 0 Å². The lowest BCUT2D eigenvalue weighted by atomic mass is 10.1. The van der Waals surface area contributed by atoms with Gasteiger partial charge in [-0.2, -0.15) is 0 Å². The summed E-state index contributed by atoms with van der Waals surface area (Å²) in [7, 11) is 0. The SMILES string of the molecule is O=C(NCCc1ccccc1F)c1coc(C2CCCN2)n1. The van der Waals surface area contributed by atoms with Crippen LogP contribution in [0.5, 0.6) is 0 Å². The minimum atomic E-state index is -0.302. The number of benzene rings is 1. The van der Waals surface area contributed by atoms with E-state index in [2.05, 4.69) is 15.6 Å². The Labute approximate surface area is 127 Å². The summed E-state index contributed by atoms with van der Waals surface area (Å²) in [6.07, 6.45) is 3.85. The van der Waals surface area contributed by atoms with Crippen LogP contribution < -0.4 is 10.6 Å². The van der Waals surface area contributed by atoms with Gasteiger partial charge in [-0.1, -0.05) is 18.2 Å². The summed E-state index contributed by atoms with van der Waals surface area (Å²) in [4.78, 5) is 16.2. The molecule has 0 spiro atoms. The van der Waals surface area contributed by atoms with E-state index in [1.807, 2.05) is 0 Å². The van der Waals surface area contributed by atoms with Crippen molar-refractivity contribution in [2.24, 2.45) is 0 Å². The molecule has 22 heavy (non-hydrogen) atoms. The number of aromatic nitrogens is 1. The fraction of sp³-hybridized carbons (Fsp3) is 0.375. The second kappa shape index (κ2) is 6.70. The lowest BCUT2D eigenvalue weighted by molar-refractivity contribution is 0.0949. The molecule has 0 aliphatic carbocycles. The molecule has 0 bridgehead atoms. The van der Waals surface area contributed by atoms with Crippen molar-refractivity contribution in [1.82, 2.24) is 15.6 Å². The first-order valence-corrected chi connectivity index (χ1v) is 7.44. The van der Waals surface area contributed by atoms with Gasteiger partial charge in [0.15, 0.2) is 5.69 Å². The van der Waals surface area contributed by atoms with Crippen LogP contribution in [0.4, 0.5) is 4.39 Å². The smallest absolute Gasteiger partial charge is 0.273 e. The molecule has 3 rings (SSSR count). The van der Waals surface area contributed by atoms with Gasteiger partial charge in [0.2, 0.25) is 5.89 Å². The lowest BCUT2D eigenvalue weighted by Gasteiger charge is -2.04. The van der Waals surface area contributed by atoms with Crippen LogP contribution in [0, 0.1) is 5.82 Å². The van der Waals surface area contributed by atoms with Gasteiger partial charge in [-0.15, -0.1) is 0 Å². The number of nitrogens with zero attached hydrogens (tertiary/aromatic N) is 1. The molecule has 1 unspecified atom stereocenters. The van der Waals surface area contributed by atoms with Gasteiger partial charge in [-0.3, -0.25) is 4.79 Å². The maximum atomic E-state index is 13.5. The number of carbonyl (C=O) groups excluding carboxylic acids is 1. The average molecular weight is 303 g/mol. The number of hydrogen-bond donors (Lipinski definition) is 2. The molecule has 1 amide bonds. The Morgan fingerprint density at radius 2 is 2.32 bits per heavy atom. The highest BCUT2D eigenvalue weighted by molar-refractivity contribution is 5.91. The second-order valence-electron chi connectivity index (χ2n) is 5.32. The third kappa shape index (κ3) is 3.33. The van der Waals surface area contributed by atoms with Crippen molar-refractivity contribution in [3.63, 3.8) is 0 Å². The first kappa shape index (κ1) is 14.7. The molecule has 1 fully saturated rings. The summed E-state index contributed by atoms with van der Waals surface area (Å²) in [6.45, 7) is 1.29. The topological polar surface area (TPSA) is 67.2 Å². The van der Waals surface area contributed by atoms with Crippen LogP contribution in [0.15, 0.2) is 34.9 Å². The van der Waals surface area contributed by atoms with Gasteiger partial charge in [0.25, 0.3) is 5.91 Å². The van der Waals surface area contributed by atoms with Crippen molar-refractivity contribution in [3.05, 3.63) is 53.5 Å². The van der Waals surface area contributed by atoms with Gasteiger partial charge in [0.1, 0.15) is 12.1 Å². The monoisotopic (exact) mass is 303 g/mol. The Kier molecular flexibility index (Phi) is 4.48. The number of oxazole rings is 1. The zero-order valence-electron chi connectivity index (χ0n) is 12.1. The van der Waals surface area contributed by atoms with Gasteiger partial charge < -0.3 is 15.1 Å². The number of amides is 1. The van der Waals surface area contributed by atoms with E-state index in [1.54, 1.807) is 18.2 Å². The van der Waals surface area contributed by atoms with Crippen LogP contribution in [-0.4, -0.2) is 24.0 Å². The normalized spacial score (nSPS) is 17.6. The van der Waals surface area contributed by atoms with Gasteiger partial charge in [-0.05, 0) is 37.4 Å². The quantitative estimate of drug-likeness (QED) is 0.888. The fourth-order valence-electron chi connectivity index (χ4n) is 2.55. The highest BCUT2D eigenvalue weighted by Crippen LogP contribution is 2.22. The lowest BCUT2D eigenvalue weighted by Crippen LogP contribution is -2.26. The molecule has 116 valence electrons. The summed E-state index contributed by atoms with van der Waals surface area (Å²) >= 11 is 0. The van der Waals surface area contributed by atoms with E-state index >= 15 is 0 Å². The number of halogens is 1. The first-order chi connectivity index (χ1) is 10.7. The van der Waals surface area contributed by atoms with Crippen molar-refractivity contribution < 1.29 is 13.6 Å². The number of carbonyl (C=O) groups is 1. The highest BCUT2D eigenvalue weighted by Gasteiger charge is 2.22. The van der Waals surface area contributed by atoms with E-state index in [4.69, 9.17) is 4.42 Å². The highest BCUT2D eigenvalue weighted by atomic mass is 19.1. The van der Waals surface area contributed by atoms with E-state index in [-0.39, 0.29) is 23.5 Å². The van der Waals surface area contributed by atoms with Crippen molar-refractivity contribution in [2.75, 3.05) is 13.1 Å². The Hall–Kier alpha value is -2.21. The second-order valence-corrected chi connectivity index (χ2v) is 5.32. The molecule has 1 aliphatic rings. The first-order valence-electron chi connectivity index (χ1n) is 7.44. The molecule has 2 N–H and O–H groups in total. The van der Waals surface area contributed by atoms with Gasteiger partial charge in [-0.25, -0.2) is 9.37 Å². The molecule has 1 aliphatic heterocycles. The van der Waals surface area contributed by atoms with Crippen LogP contribution in [0.3, 0.4) is 0 Å². The number of nitrogens with one attached hydrogen (secondary N) is 2. The van der Waals surface area contributed by atoms with E-state index < -0.39 is 0 Å². The van der Waals surface area contributed by atoms with Crippen molar-refractivity contribution in [2.45, 2.75) is 25.3 Å². The van der Waals surface area contributed by atoms with E-state index in [0.29, 0.717) is 24.4 Å². The molecular weight excluding hydrogens is 285 g/mol. The third-order valence-electron chi connectivity index (χ3n) is 3.75. The molecule has 2 heterocycles. The Bertz CT molecular complexity index is 650. The van der Waals surface area contributed by atoms with Gasteiger partial charge in [0.05, 0.1) is 6.04 Å². The van der Waals surface area contributed by atoms with E-state index in [0.717, 1.165) is 19.4 Å². The summed E-state index contributed by atoms with van der Waals surface area (Å²) in [5, 5.41) is 6.00. The van der Waals surface area contributed by atoms with Gasteiger partial charge in [0, 0.05) is 6.54 Å². The maximum Gasteiger partial charge on any atom is 0.273 e. The molecule has 5 nitrogen and oxygen atoms in total. The van der Waals surface area contributed by atoms with Crippen molar-refractivity contribution in [3.8, 4) is 0 Å². The van der Waals surface area contributed by atoms with Crippen LogP contribution in [0.25, 0.3) is 0 Å². The van der Waals surface area contributed by atoms with Crippen LogP contribution in [-0.2, 0) is 6.42 Å². The Morgan fingerprint density at radius 1 is 1.45 bits per heavy atom. The summed E-state index contributed by atoms with van der Waals surface area (Å²) in [6, 6.07) is 6.64. The van der Waals surface area contributed by atoms with E-state index in [1.165, 1.54) is 12.3 Å². The summed E-state index contributed by atoms with van der Waals surface area (Å²) in [5.74, 6) is -0.00568. The summed E-state index contributed by atoms with van der Waals surface area (Å²) < 4.78 is 18.8. The molecule has 1 aromatic heterocycles. The Balaban J connectivity index is 1.53. The number of rotatable bonds is 5. The molecule has 0 saturated carbocycles.